The second-order valence-corrected chi connectivity index (χ2v) is 5.25. The summed E-state index contributed by atoms with van der Waals surface area (Å²) in [6.45, 7) is 5.82. The number of carbonyl (C=O) groups is 2. The number of hydrogen-bond donors (Lipinski definition) is 1. The number of rotatable bonds is 4. The lowest BCUT2D eigenvalue weighted by molar-refractivity contribution is -0.155. The SMILES string of the molecule is CCC(CCO)N1C(=O)CC(C)(C)CC1=O. The molecular weight excluding hydrogens is 206 g/mol. The maximum Gasteiger partial charge on any atom is 0.229 e. The topological polar surface area (TPSA) is 57.6 Å². The predicted octanol–water partition coefficient (Wildman–Crippen LogP) is 1.32. The van der Waals surface area contributed by atoms with Crippen molar-refractivity contribution in [2.24, 2.45) is 5.41 Å². The molecule has 0 radical (unpaired) electrons. The van der Waals surface area contributed by atoms with Gasteiger partial charge in [0.1, 0.15) is 0 Å². The molecule has 0 aliphatic carbocycles. The van der Waals surface area contributed by atoms with Crippen LogP contribution in [-0.4, -0.2) is 34.5 Å². The monoisotopic (exact) mass is 227 g/mol. The molecule has 16 heavy (non-hydrogen) atoms. The summed E-state index contributed by atoms with van der Waals surface area (Å²) in [5.41, 5.74) is -0.220. The molecule has 4 nitrogen and oxygen atoms in total. The Bertz CT molecular complexity index is 266. The fourth-order valence-electron chi connectivity index (χ4n) is 2.26. The number of carbonyl (C=O) groups excluding carboxylic acids is 2. The Labute approximate surface area is 96.6 Å². The van der Waals surface area contributed by atoms with Crippen LogP contribution in [-0.2, 0) is 9.59 Å². The summed E-state index contributed by atoms with van der Waals surface area (Å²) in [6, 6.07) is -0.138. The Morgan fingerprint density at radius 2 is 1.81 bits per heavy atom. The number of amides is 2. The van der Waals surface area contributed by atoms with Crippen LogP contribution in [0.2, 0.25) is 0 Å². The Balaban J connectivity index is 2.80. The quantitative estimate of drug-likeness (QED) is 0.737. The van der Waals surface area contributed by atoms with Crippen molar-refractivity contribution in [1.82, 2.24) is 4.90 Å². The van der Waals surface area contributed by atoms with E-state index in [9.17, 15) is 9.59 Å². The summed E-state index contributed by atoms with van der Waals surface area (Å²) in [4.78, 5) is 25.2. The van der Waals surface area contributed by atoms with E-state index in [4.69, 9.17) is 5.11 Å². The first kappa shape index (κ1) is 13.2. The lowest BCUT2D eigenvalue weighted by Crippen LogP contribution is -2.51. The predicted molar refractivity (Wildman–Crippen MR) is 60.6 cm³/mol. The highest BCUT2D eigenvalue weighted by atomic mass is 16.3. The molecule has 1 unspecified atom stereocenters. The Hall–Kier alpha value is -0.900. The van der Waals surface area contributed by atoms with Crippen molar-refractivity contribution in [1.29, 1.82) is 0 Å². The minimum absolute atomic E-state index is 0.0129. The van der Waals surface area contributed by atoms with E-state index in [0.717, 1.165) is 0 Å². The molecule has 0 bridgehead atoms. The first-order chi connectivity index (χ1) is 7.41. The highest BCUT2D eigenvalue weighted by molar-refractivity contribution is 5.98. The van der Waals surface area contributed by atoms with Crippen LogP contribution in [0.5, 0.6) is 0 Å². The second-order valence-electron chi connectivity index (χ2n) is 5.25. The Kier molecular flexibility index (Phi) is 4.08. The van der Waals surface area contributed by atoms with Gasteiger partial charge in [0.2, 0.25) is 11.8 Å². The highest BCUT2D eigenvalue weighted by Crippen LogP contribution is 2.33. The number of aliphatic hydroxyl groups excluding tert-OH is 1. The molecule has 1 rings (SSSR count). The number of likely N-dealkylation sites (tertiary alicyclic amines) is 1. The number of hydrogen-bond acceptors (Lipinski definition) is 3. The molecule has 4 heteroatoms. The van der Waals surface area contributed by atoms with Crippen molar-refractivity contribution in [3.05, 3.63) is 0 Å². The molecule has 0 saturated carbocycles. The van der Waals surface area contributed by atoms with Gasteiger partial charge in [-0.25, -0.2) is 0 Å². The molecule has 92 valence electrons. The maximum absolute atomic E-state index is 11.9. The minimum atomic E-state index is -0.220. The zero-order chi connectivity index (χ0) is 12.3. The molecular formula is C12H21NO3. The molecule has 0 aromatic rings. The summed E-state index contributed by atoms with van der Waals surface area (Å²) >= 11 is 0. The van der Waals surface area contributed by atoms with Crippen LogP contribution < -0.4 is 0 Å². The van der Waals surface area contributed by atoms with Crippen LogP contribution in [0.25, 0.3) is 0 Å². The number of nitrogens with zero attached hydrogens (tertiary/aromatic N) is 1. The van der Waals surface area contributed by atoms with E-state index in [2.05, 4.69) is 0 Å². The van der Waals surface area contributed by atoms with E-state index < -0.39 is 0 Å². The molecule has 1 aliphatic rings. The first-order valence-electron chi connectivity index (χ1n) is 5.87. The Morgan fingerprint density at radius 3 is 2.19 bits per heavy atom. The molecule has 0 aromatic carbocycles. The molecule has 1 saturated heterocycles. The van der Waals surface area contributed by atoms with Gasteiger partial charge < -0.3 is 5.11 Å². The second kappa shape index (κ2) is 4.95. The van der Waals surface area contributed by atoms with Crippen molar-refractivity contribution in [2.75, 3.05) is 6.61 Å². The van der Waals surface area contributed by atoms with Gasteiger partial charge in [0.25, 0.3) is 0 Å². The average molecular weight is 227 g/mol. The number of aliphatic hydroxyl groups is 1. The van der Waals surface area contributed by atoms with E-state index in [1.54, 1.807) is 0 Å². The third-order valence-electron chi connectivity index (χ3n) is 3.10. The third kappa shape index (κ3) is 2.82. The fraction of sp³-hybridized carbons (Fsp3) is 0.833. The minimum Gasteiger partial charge on any atom is -0.396 e. The molecule has 1 N–H and O–H groups in total. The zero-order valence-electron chi connectivity index (χ0n) is 10.3. The maximum atomic E-state index is 11.9. The lowest BCUT2D eigenvalue weighted by atomic mass is 9.81. The smallest absolute Gasteiger partial charge is 0.229 e. The van der Waals surface area contributed by atoms with Crippen molar-refractivity contribution in [3.63, 3.8) is 0 Å². The standard InChI is InChI=1S/C12H21NO3/c1-4-9(5-6-14)13-10(15)7-12(2,3)8-11(13)16/h9,14H,4-8H2,1-3H3. The molecule has 2 amide bonds. The molecule has 0 spiro atoms. The Morgan fingerprint density at radius 1 is 1.31 bits per heavy atom. The zero-order valence-corrected chi connectivity index (χ0v) is 10.3. The fourth-order valence-corrected chi connectivity index (χ4v) is 2.26. The summed E-state index contributed by atoms with van der Waals surface area (Å²) in [5.74, 6) is -0.192. The average Bonchev–Trinajstić information content (AvgIpc) is 2.13. The van der Waals surface area contributed by atoms with Crippen LogP contribution in [0.1, 0.15) is 46.5 Å². The van der Waals surface area contributed by atoms with Crippen molar-refractivity contribution < 1.29 is 14.7 Å². The largest absolute Gasteiger partial charge is 0.396 e. The van der Waals surface area contributed by atoms with Crippen LogP contribution >= 0.6 is 0 Å². The lowest BCUT2D eigenvalue weighted by Gasteiger charge is -2.38. The molecule has 1 atom stereocenters. The number of imide groups is 1. The van der Waals surface area contributed by atoms with E-state index in [1.165, 1.54) is 4.90 Å². The summed E-state index contributed by atoms with van der Waals surface area (Å²) < 4.78 is 0. The van der Waals surface area contributed by atoms with E-state index in [-0.39, 0.29) is 29.9 Å². The summed E-state index contributed by atoms with van der Waals surface area (Å²) in [7, 11) is 0. The molecule has 0 aromatic heterocycles. The third-order valence-corrected chi connectivity index (χ3v) is 3.10. The van der Waals surface area contributed by atoms with E-state index in [1.807, 2.05) is 20.8 Å². The van der Waals surface area contributed by atoms with Gasteiger partial charge in [0.05, 0.1) is 0 Å². The van der Waals surface area contributed by atoms with Crippen LogP contribution in [0.3, 0.4) is 0 Å². The highest BCUT2D eigenvalue weighted by Gasteiger charge is 2.39. The van der Waals surface area contributed by atoms with Gasteiger partial charge >= 0.3 is 0 Å². The normalized spacial score (nSPS) is 22.4. The van der Waals surface area contributed by atoms with Crippen LogP contribution in [0.4, 0.5) is 0 Å². The van der Waals surface area contributed by atoms with Crippen molar-refractivity contribution in [3.8, 4) is 0 Å². The van der Waals surface area contributed by atoms with Crippen LogP contribution in [0, 0.1) is 5.41 Å². The first-order valence-corrected chi connectivity index (χ1v) is 5.87. The molecule has 1 heterocycles. The number of piperidine rings is 1. The van der Waals surface area contributed by atoms with Crippen LogP contribution in [0.15, 0.2) is 0 Å². The van der Waals surface area contributed by atoms with Gasteiger partial charge in [-0.15, -0.1) is 0 Å². The van der Waals surface area contributed by atoms with Crippen molar-refractivity contribution >= 4 is 11.8 Å². The summed E-state index contributed by atoms with van der Waals surface area (Å²) in [5, 5.41) is 8.92. The van der Waals surface area contributed by atoms with Gasteiger partial charge in [-0.2, -0.15) is 0 Å². The summed E-state index contributed by atoms with van der Waals surface area (Å²) in [6.07, 6.45) is 2.02. The van der Waals surface area contributed by atoms with Gasteiger partial charge in [-0.1, -0.05) is 20.8 Å². The van der Waals surface area contributed by atoms with Gasteiger partial charge in [0, 0.05) is 25.5 Å². The van der Waals surface area contributed by atoms with Gasteiger partial charge in [0.15, 0.2) is 0 Å². The molecule has 1 aliphatic heterocycles. The van der Waals surface area contributed by atoms with Crippen molar-refractivity contribution in [2.45, 2.75) is 52.5 Å². The molecule has 1 fully saturated rings. The van der Waals surface area contributed by atoms with E-state index >= 15 is 0 Å². The van der Waals surface area contributed by atoms with Gasteiger partial charge in [-0.3, -0.25) is 14.5 Å². The van der Waals surface area contributed by atoms with Gasteiger partial charge in [-0.05, 0) is 18.3 Å². The van der Waals surface area contributed by atoms with E-state index in [0.29, 0.717) is 25.7 Å².